The van der Waals surface area contributed by atoms with Crippen LogP contribution in [0.4, 0.5) is 11.5 Å². The maximum atomic E-state index is 12.7. The molecule has 2 aromatic rings. The van der Waals surface area contributed by atoms with Crippen molar-refractivity contribution < 1.29 is 4.79 Å². The molecule has 1 aliphatic heterocycles. The van der Waals surface area contributed by atoms with Crippen LogP contribution in [0.15, 0.2) is 30.3 Å². The molecule has 0 aliphatic carbocycles. The van der Waals surface area contributed by atoms with E-state index in [2.05, 4.69) is 53.1 Å². The number of anilines is 2. The lowest BCUT2D eigenvalue weighted by Gasteiger charge is -2.22. The molecule has 1 saturated heterocycles. The van der Waals surface area contributed by atoms with Crippen molar-refractivity contribution in [2.24, 2.45) is 0 Å². The highest BCUT2D eigenvalue weighted by atomic mass is 16.1. The second kappa shape index (κ2) is 8.07. The zero-order valence-electron chi connectivity index (χ0n) is 16.9. The minimum absolute atomic E-state index is 0.0916. The number of benzene rings is 1. The zero-order valence-corrected chi connectivity index (χ0v) is 16.9. The van der Waals surface area contributed by atoms with Crippen LogP contribution in [-0.2, 0) is 5.41 Å². The van der Waals surface area contributed by atoms with Gasteiger partial charge in [0.05, 0.1) is 0 Å². The Morgan fingerprint density at radius 3 is 2.22 bits per heavy atom. The molecule has 0 spiro atoms. The first kappa shape index (κ1) is 19.3. The molecule has 1 fully saturated rings. The van der Waals surface area contributed by atoms with Crippen LogP contribution in [0.25, 0.3) is 0 Å². The minimum Gasteiger partial charge on any atom is -0.356 e. The highest BCUT2D eigenvalue weighted by molar-refractivity contribution is 6.03. The Labute approximate surface area is 162 Å². The molecule has 3 rings (SSSR count). The van der Waals surface area contributed by atoms with E-state index in [0.717, 1.165) is 24.6 Å². The Hall–Kier alpha value is -2.43. The predicted octanol–water partition coefficient (Wildman–Crippen LogP) is 4.72. The van der Waals surface area contributed by atoms with Crippen LogP contribution < -0.4 is 10.2 Å². The van der Waals surface area contributed by atoms with Gasteiger partial charge in [0.25, 0.3) is 5.91 Å². The van der Waals surface area contributed by atoms with Crippen LogP contribution in [0.5, 0.6) is 0 Å². The molecular weight excluding hydrogens is 336 g/mol. The standard InChI is InChI=1S/C22H30N4O/c1-16-23-19(15-20(24-16)26-13-7-5-6-8-14-26)21(27)25-18-11-9-17(10-12-18)22(2,3)4/h9-12,15H,5-8,13-14H2,1-4H3,(H,25,27). The van der Waals surface area contributed by atoms with Gasteiger partial charge in [0.2, 0.25) is 0 Å². The van der Waals surface area contributed by atoms with Crippen molar-refractivity contribution in [3.8, 4) is 0 Å². The van der Waals surface area contributed by atoms with Gasteiger partial charge in [0.15, 0.2) is 0 Å². The van der Waals surface area contributed by atoms with E-state index in [9.17, 15) is 4.79 Å². The molecule has 1 aromatic heterocycles. The highest BCUT2D eigenvalue weighted by Gasteiger charge is 2.17. The normalized spacial score (nSPS) is 15.3. The van der Waals surface area contributed by atoms with Gasteiger partial charge >= 0.3 is 0 Å². The topological polar surface area (TPSA) is 58.1 Å². The van der Waals surface area contributed by atoms with Crippen molar-refractivity contribution in [1.82, 2.24) is 9.97 Å². The SMILES string of the molecule is Cc1nc(C(=O)Nc2ccc(C(C)(C)C)cc2)cc(N2CCCCCC2)n1. The number of amides is 1. The van der Waals surface area contributed by atoms with Gasteiger partial charge in [0, 0.05) is 24.8 Å². The molecular formula is C22H30N4O. The van der Waals surface area contributed by atoms with Crippen LogP contribution in [0.3, 0.4) is 0 Å². The number of nitrogens with one attached hydrogen (secondary N) is 1. The first-order valence-corrected chi connectivity index (χ1v) is 9.85. The number of nitrogens with zero attached hydrogens (tertiary/aromatic N) is 3. The summed E-state index contributed by atoms with van der Waals surface area (Å²) < 4.78 is 0. The smallest absolute Gasteiger partial charge is 0.274 e. The third kappa shape index (κ3) is 5.06. The Bertz CT molecular complexity index is 785. The molecule has 1 N–H and O–H groups in total. The van der Waals surface area contributed by atoms with Crippen LogP contribution in [0.2, 0.25) is 0 Å². The first-order chi connectivity index (χ1) is 12.8. The molecule has 1 aliphatic rings. The van der Waals surface area contributed by atoms with Gasteiger partial charge in [-0.1, -0.05) is 45.7 Å². The molecule has 0 atom stereocenters. The molecule has 0 unspecified atom stereocenters. The van der Waals surface area contributed by atoms with E-state index in [0.29, 0.717) is 11.5 Å². The van der Waals surface area contributed by atoms with Crippen molar-refractivity contribution in [3.05, 3.63) is 47.4 Å². The minimum atomic E-state index is -0.194. The number of hydrogen-bond acceptors (Lipinski definition) is 4. The summed E-state index contributed by atoms with van der Waals surface area (Å²) in [5, 5.41) is 2.96. The van der Waals surface area contributed by atoms with E-state index in [1.807, 2.05) is 25.1 Å². The summed E-state index contributed by atoms with van der Waals surface area (Å²) >= 11 is 0. The van der Waals surface area contributed by atoms with Gasteiger partial charge < -0.3 is 10.2 Å². The van der Waals surface area contributed by atoms with Crippen LogP contribution in [0.1, 0.15) is 68.3 Å². The summed E-state index contributed by atoms with van der Waals surface area (Å²) in [6.45, 7) is 10.4. The fourth-order valence-corrected chi connectivity index (χ4v) is 3.38. The average Bonchev–Trinajstić information content (AvgIpc) is 2.90. The molecule has 1 aromatic carbocycles. The molecule has 144 valence electrons. The van der Waals surface area contributed by atoms with Gasteiger partial charge in [-0.25, -0.2) is 9.97 Å². The van der Waals surface area contributed by atoms with Crippen LogP contribution in [0, 0.1) is 6.92 Å². The predicted molar refractivity (Wildman–Crippen MR) is 111 cm³/mol. The lowest BCUT2D eigenvalue weighted by Crippen LogP contribution is -2.26. The molecule has 1 amide bonds. The average molecular weight is 367 g/mol. The Morgan fingerprint density at radius 1 is 1.00 bits per heavy atom. The number of hydrogen-bond donors (Lipinski definition) is 1. The van der Waals surface area contributed by atoms with Gasteiger partial charge in [-0.2, -0.15) is 0 Å². The second-order valence-corrected chi connectivity index (χ2v) is 8.34. The van der Waals surface area contributed by atoms with E-state index in [4.69, 9.17) is 0 Å². The van der Waals surface area contributed by atoms with Crippen LogP contribution in [-0.4, -0.2) is 29.0 Å². The molecule has 2 heterocycles. The maximum Gasteiger partial charge on any atom is 0.274 e. The van der Waals surface area contributed by atoms with Crippen molar-refractivity contribution in [2.75, 3.05) is 23.3 Å². The third-order valence-corrected chi connectivity index (χ3v) is 5.00. The largest absolute Gasteiger partial charge is 0.356 e. The van der Waals surface area contributed by atoms with Gasteiger partial charge in [-0.3, -0.25) is 4.79 Å². The van der Waals surface area contributed by atoms with E-state index < -0.39 is 0 Å². The Morgan fingerprint density at radius 2 is 1.63 bits per heavy atom. The number of carbonyl (C=O) groups is 1. The number of aromatic nitrogens is 2. The molecule has 5 nitrogen and oxygen atoms in total. The van der Waals surface area contributed by atoms with Gasteiger partial charge in [-0.15, -0.1) is 0 Å². The molecule has 5 heteroatoms. The van der Waals surface area contributed by atoms with E-state index in [1.54, 1.807) is 0 Å². The molecule has 0 radical (unpaired) electrons. The number of aryl methyl sites for hydroxylation is 1. The summed E-state index contributed by atoms with van der Waals surface area (Å²) in [6, 6.07) is 9.83. The maximum absolute atomic E-state index is 12.7. The molecule has 0 saturated carbocycles. The summed E-state index contributed by atoms with van der Waals surface area (Å²) in [5.41, 5.74) is 2.53. The zero-order chi connectivity index (χ0) is 19.4. The highest BCUT2D eigenvalue weighted by Crippen LogP contribution is 2.24. The summed E-state index contributed by atoms with van der Waals surface area (Å²) in [5.74, 6) is 1.29. The van der Waals surface area contributed by atoms with E-state index in [-0.39, 0.29) is 11.3 Å². The third-order valence-electron chi connectivity index (χ3n) is 5.00. The Kier molecular flexibility index (Phi) is 5.78. The fourth-order valence-electron chi connectivity index (χ4n) is 3.38. The second-order valence-electron chi connectivity index (χ2n) is 8.34. The lowest BCUT2D eigenvalue weighted by molar-refractivity contribution is 0.102. The van der Waals surface area contributed by atoms with Crippen molar-refractivity contribution in [3.63, 3.8) is 0 Å². The van der Waals surface area contributed by atoms with Crippen molar-refractivity contribution in [2.45, 2.75) is 58.8 Å². The molecule has 0 bridgehead atoms. The Balaban J connectivity index is 1.76. The van der Waals surface area contributed by atoms with Crippen LogP contribution >= 0.6 is 0 Å². The fraction of sp³-hybridized carbons (Fsp3) is 0.500. The van der Waals surface area contributed by atoms with E-state index in [1.165, 1.54) is 31.2 Å². The summed E-state index contributed by atoms with van der Waals surface area (Å²) in [6.07, 6.45) is 4.87. The van der Waals surface area contributed by atoms with Gasteiger partial charge in [-0.05, 0) is 42.9 Å². The van der Waals surface area contributed by atoms with E-state index >= 15 is 0 Å². The number of rotatable bonds is 3. The lowest BCUT2D eigenvalue weighted by atomic mass is 9.87. The van der Waals surface area contributed by atoms with Crippen molar-refractivity contribution >= 4 is 17.4 Å². The molecule has 27 heavy (non-hydrogen) atoms. The monoisotopic (exact) mass is 366 g/mol. The van der Waals surface area contributed by atoms with Crippen molar-refractivity contribution in [1.29, 1.82) is 0 Å². The van der Waals surface area contributed by atoms with Gasteiger partial charge in [0.1, 0.15) is 17.3 Å². The summed E-state index contributed by atoms with van der Waals surface area (Å²) in [7, 11) is 0. The first-order valence-electron chi connectivity index (χ1n) is 9.85. The summed E-state index contributed by atoms with van der Waals surface area (Å²) in [4.78, 5) is 23.9. The number of carbonyl (C=O) groups excluding carboxylic acids is 1. The quantitative estimate of drug-likeness (QED) is 0.854.